The van der Waals surface area contributed by atoms with Gasteiger partial charge in [-0.3, -0.25) is 9.59 Å². The molecule has 0 heterocycles. The number of allylic oxidation sites excluding steroid dienone is 2. The number of carbonyl (C=O) groups is 2. The van der Waals surface area contributed by atoms with Crippen molar-refractivity contribution in [3.63, 3.8) is 0 Å². The van der Waals surface area contributed by atoms with E-state index in [9.17, 15) is 9.59 Å². The van der Waals surface area contributed by atoms with Gasteiger partial charge in [-0.2, -0.15) is 0 Å². The molecule has 0 aromatic rings. The van der Waals surface area contributed by atoms with Gasteiger partial charge in [0, 0.05) is 18.9 Å². The molecule has 0 aromatic heterocycles. The number of aliphatic carboxylic acids is 1. The van der Waals surface area contributed by atoms with Crippen LogP contribution in [0.5, 0.6) is 0 Å². The van der Waals surface area contributed by atoms with Crippen LogP contribution in [0.4, 0.5) is 0 Å². The van der Waals surface area contributed by atoms with Crippen LogP contribution < -0.4 is 5.32 Å². The zero-order chi connectivity index (χ0) is 19.2. The third kappa shape index (κ3) is 5.34. The fourth-order valence-electron chi connectivity index (χ4n) is 5.00. The smallest absolute Gasteiger partial charge is 0.303 e. The van der Waals surface area contributed by atoms with Crippen LogP contribution in [-0.2, 0) is 9.59 Å². The van der Waals surface area contributed by atoms with Gasteiger partial charge >= 0.3 is 5.97 Å². The molecule has 0 unspecified atom stereocenters. The van der Waals surface area contributed by atoms with Crippen molar-refractivity contribution in [2.75, 3.05) is 0 Å². The van der Waals surface area contributed by atoms with Gasteiger partial charge in [0.25, 0.3) is 0 Å². The molecule has 0 aliphatic heterocycles. The number of hydrogen-bond donors (Lipinski definition) is 2. The lowest BCUT2D eigenvalue weighted by atomic mass is 9.44. The molecule has 4 atom stereocenters. The molecule has 1 amide bonds. The highest BCUT2D eigenvalue weighted by molar-refractivity contribution is 5.76. The first kappa shape index (κ1) is 21.0. The van der Waals surface area contributed by atoms with Crippen LogP contribution >= 0.6 is 0 Å². The number of fused-ring (bicyclic) bond motifs is 2. The van der Waals surface area contributed by atoms with Gasteiger partial charge in [0.2, 0.25) is 5.91 Å². The Morgan fingerprint density at radius 3 is 2.54 bits per heavy atom. The highest BCUT2D eigenvalue weighted by Gasteiger charge is 2.57. The van der Waals surface area contributed by atoms with Crippen molar-refractivity contribution in [1.82, 2.24) is 5.32 Å². The highest BCUT2D eigenvalue weighted by atomic mass is 16.4. The summed E-state index contributed by atoms with van der Waals surface area (Å²) in [5.41, 5.74) is 0.394. The Morgan fingerprint density at radius 2 is 1.88 bits per heavy atom. The lowest BCUT2D eigenvalue weighted by Gasteiger charge is -2.62. The van der Waals surface area contributed by atoms with Crippen LogP contribution in [0.25, 0.3) is 0 Å². The van der Waals surface area contributed by atoms with Gasteiger partial charge in [0.1, 0.15) is 0 Å². The number of carboxylic acid groups (broad SMARTS) is 1. The average Bonchev–Trinajstić information content (AvgIpc) is 2.58. The summed E-state index contributed by atoms with van der Waals surface area (Å²) in [6.45, 7) is 6.93. The monoisotopic (exact) mass is 363 g/mol. The first-order valence-electron chi connectivity index (χ1n) is 10.5. The molecular weight excluding hydrogens is 326 g/mol. The SMILES string of the molecule is CCCCCC(=O)N[C@H]1C[C@H]2C[C@@H]([C@@H]1C/C=C\CCCC(=O)O)C2(C)C. The molecule has 0 saturated heterocycles. The summed E-state index contributed by atoms with van der Waals surface area (Å²) in [6.07, 6.45) is 13.4. The Morgan fingerprint density at radius 1 is 1.12 bits per heavy atom. The minimum Gasteiger partial charge on any atom is -0.481 e. The van der Waals surface area contributed by atoms with E-state index in [2.05, 4.69) is 38.2 Å². The van der Waals surface area contributed by atoms with Crippen molar-refractivity contribution < 1.29 is 14.7 Å². The number of carboxylic acids is 1. The molecule has 3 fully saturated rings. The Bertz CT molecular complexity index is 512. The van der Waals surface area contributed by atoms with Crippen molar-refractivity contribution in [1.29, 1.82) is 0 Å². The van der Waals surface area contributed by atoms with Gasteiger partial charge in [-0.15, -0.1) is 0 Å². The molecule has 148 valence electrons. The molecule has 0 radical (unpaired) electrons. The maximum atomic E-state index is 12.3. The van der Waals surface area contributed by atoms with E-state index in [0.29, 0.717) is 36.1 Å². The third-order valence-electron chi connectivity index (χ3n) is 6.81. The van der Waals surface area contributed by atoms with E-state index in [1.165, 1.54) is 6.42 Å². The molecule has 2 N–H and O–H groups in total. The molecule has 4 nitrogen and oxygen atoms in total. The van der Waals surface area contributed by atoms with E-state index in [4.69, 9.17) is 5.11 Å². The standard InChI is InChI=1S/C22H37NO3/c1-4-5-8-12-20(24)23-19-15-16-14-18(22(16,2)3)17(19)11-9-6-7-10-13-21(25)26/h6,9,16-19H,4-5,7-8,10-15H2,1-3H3,(H,23,24)(H,25,26)/b9-6-/t16-,17+,18+,19+/m1/s1. The fourth-order valence-corrected chi connectivity index (χ4v) is 5.00. The lowest BCUT2D eigenvalue weighted by Crippen LogP contribution is -2.61. The molecule has 2 bridgehead atoms. The molecule has 0 spiro atoms. The quantitative estimate of drug-likeness (QED) is 0.404. The largest absolute Gasteiger partial charge is 0.481 e. The second kappa shape index (κ2) is 9.57. The van der Waals surface area contributed by atoms with Crippen molar-refractivity contribution >= 4 is 11.9 Å². The maximum Gasteiger partial charge on any atom is 0.303 e. The zero-order valence-corrected chi connectivity index (χ0v) is 16.8. The summed E-state index contributed by atoms with van der Waals surface area (Å²) < 4.78 is 0. The van der Waals surface area contributed by atoms with E-state index >= 15 is 0 Å². The zero-order valence-electron chi connectivity index (χ0n) is 16.8. The molecule has 3 rings (SSSR count). The predicted octanol–water partition coefficient (Wildman–Crippen LogP) is 4.93. The Kier molecular flexibility index (Phi) is 7.72. The summed E-state index contributed by atoms with van der Waals surface area (Å²) in [5.74, 6) is 1.44. The number of amides is 1. The summed E-state index contributed by atoms with van der Waals surface area (Å²) in [7, 11) is 0. The first-order valence-corrected chi connectivity index (χ1v) is 10.5. The molecule has 0 aromatic carbocycles. The second-order valence-electron chi connectivity index (χ2n) is 8.88. The van der Waals surface area contributed by atoms with Crippen LogP contribution in [0.3, 0.4) is 0 Å². The number of hydrogen-bond acceptors (Lipinski definition) is 2. The van der Waals surface area contributed by atoms with Gasteiger partial charge in [-0.05, 0) is 61.7 Å². The second-order valence-corrected chi connectivity index (χ2v) is 8.88. The van der Waals surface area contributed by atoms with Crippen LogP contribution in [0.15, 0.2) is 12.2 Å². The van der Waals surface area contributed by atoms with Crippen LogP contribution in [-0.4, -0.2) is 23.0 Å². The van der Waals surface area contributed by atoms with Gasteiger partial charge in [0.05, 0.1) is 0 Å². The molecule has 4 heteroatoms. The highest BCUT2D eigenvalue weighted by Crippen LogP contribution is 2.62. The molecule has 3 aliphatic carbocycles. The lowest BCUT2D eigenvalue weighted by molar-refractivity contribution is -0.137. The van der Waals surface area contributed by atoms with Crippen molar-refractivity contribution in [3.05, 3.63) is 12.2 Å². The summed E-state index contributed by atoms with van der Waals surface area (Å²) >= 11 is 0. The minimum atomic E-state index is -0.723. The Labute approximate surface area is 158 Å². The summed E-state index contributed by atoms with van der Waals surface area (Å²) in [4.78, 5) is 22.9. The normalized spacial score (nSPS) is 29.3. The maximum absolute atomic E-state index is 12.3. The minimum absolute atomic E-state index is 0.220. The fraction of sp³-hybridized carbons (Fsp3) is 0.818. The van der Waals surface area contributed by atoms with Gasteiger partial charge in [0.15, 0.2) is 0 Å². The number of carbonyl (C=O) groups excluding carboxylic acids is 1. The summed E-state index contributed by atoms with van der Waals surface area (Å²) in [6, 6.07) is 0.310. The van der Waals surface area contributed by atoms with Crippen LogP contribution in [0.2, 0.25) is 0 Å². The predicted molar refractivity (Wildman–Crippen MR) is 105 cm³/mol. The van der Waals surface area contributed by atoms with Crippen LogP contribution in [0, 0.1) is 23.2 Å². The Hall–Kier alpha value is -1.32. The van der Waals surface area contributed by atoms with E-state index in [1.807, 2.05) is 0 Å². The van der Waals surface area contributed by atoms with E-state index < -0.39 is 5.97 Å². The van der Waals surface area contributed by atoms with Crippen LogP contribution in [0.1, 0.15) is 85.0 Å². The van der Waals surface area contributed by atoms with Gasteiger partial charge in [-0.1, -0.05) is 45.8 Å². The van der Waals surface area contributed by atoms with E-state index in [0.717, 1.165) is 44.4 Å². The van der Waals surface area contributed by atoms with E-state index in [1.54, 1.807) is 0 Å². The van der Waals surface area contributed by atoms with Gasteiger partial charge in [-0.25, -0.2) is 0 Å². The first-order chi connectivity index (χ1) is 12.4. The Balaban J connectivity index is 1.86. The van der Waals surface area contributed by atoms with E-state index in [-0.39, 0.29) is 12.3 Å². The van der Waals surface area contributed by atoms with Crippen molar-refractivity contribution in [2.45, 2.75) is 91.0 Å². The molecule has 3 aliphatic rings. The topological polar surface area (TPSA) is 66.4 Å². The molecular formula is C22H37NO3. The number of nitrogens with one attached hydrogen (secondary N) is 1. The van der Waals surface area contributed by atoms with Crippen molar-refractivity contribution in [2.24, 2.45) is 23.2 Å². The number of rotatable bonds is 11. The summed E-state index contributed by atoms with van der Waals surface area (Å²) in [5, 5.41) is 12.0. The van der Waals surface area contributed by atoms with Gasteiger partial charge < -0.3 is 10.4 Å². The third-order valence-corrected chi connectivity index (χ3v) is 6.81. The van der Waals surface area contributed by atoms with Crippen molar-refractivity contribution in [3.8, 4) is 0 Å². The molecule has 3 saturated carbocycles. The molecule has 26 heavy (non-hydrogen) atoms. The average molecular weight is 364 g/mol. The number of unbranched alkanes of at least 4 members (excludes halogenated alkanes) is 3.